The molecule has 0 aromatic heterocycles. The molecule has 1 heterocycles. The second-order valence-electron chi connectivity index (χ2n) is 4.66. The van der Waals surface area contributed by atoms with Gasteiger partial charge in [0.1, 0.15) is 5.82 Å². The molecule has 1 saturated heterocycles. The van der Waals surface area contributed by atoms with Gasteiger partial charge in [-0.05, 0) is 31.5 Å². The molecule has 2 atom stereocenters. The second-order valence-corrected chi connectivity index (χ2v) is 5.07. The summed E-state index contributed by atoms with van der Waals surface area (Å²) < 4.78 is 18.5. The molecule has 0 radical (unpaired) electrons. The summed E-state index contributed by atoms with van der Waals surface area (Å²) >= 11 is 6.03. The summed E-state index contributed by atoms with van der Waals surface area (Å²) in [5.74, 6) is -0.290. The van der Waals surface area contributed by atoms with Gasteiger partial charge in [-0.15, -0.1) is 0 Å². The first kappa shape index (κ1) is 12.8. The van der Waals surface area contributed by atoms with Crippen LogP contribution in [0.15, 0.2) is 18.2 Å². The van der Waals surface area contributed by atoms with Gasteiger partial charge in [-0.25, -0.2) is 4.39 Å². The zero-order chi connectivity index (χ0) is 12.4. The number of morpholine rings is 1. The minimum atomic E-state index is -0.290. The van der Waals surface area contributed by atoms with E-state index in [1.807, 2.05) is 0 Å². The quantitative estimate of drug-likeness (QED) is 0.807. The molecule has 1 aromatic rings. The maximum atomic E-state index is 12.9. The van der Waals surface area contributed by atoms with Gasteiger partial charge in [0, 0.05) is 24.2 Å². The molecule has 0 saturated carbocycles. The summed E-state index contributed by atoms with van der Waals surface area (Å²) in [6, 6.07) is 4.94. The van der Waals surface area contributed by atoms with Gasteiger partial charge in [-0.2, -0.15) is 0 Å². The summed E-state index contributed by atoms with van der Waals surface area (Å²) in [6.07, 6.45) is 0.241. The minimum Gasteiger partial charge on any atom is -0.376 e. The Morgan fingerprint density at radius 2 is 2.24 bits per heavy atom. The minimum absolute atomic E-state index is 0.241. The Kier molecular flexibility index (Phi) is 4.02. The molecule has 2 rings (SSSR count). The van der Waals surface area contributed by atoms with E-state index >= 15 is 0 Å². The van der Waals surface area contributed by atoms with Crippen molar-refractivity contribution >= 4 is 11.6 Å². The van der Waals surface area contributed by atoms with Crippen molar-refractivity contribution in [3.8, 4) is 0 Å². The molecule has 1 aliphatic rings. The van der Waals surface area contributed by atoms with Crippen LogP contribution in [0.4, 0.5) is 4.39 Å². The first-order valence-corrected chi connectivity index (χ1v) is 6.23. The molecule has 1 fully saturated rings. The summed E-state index contributed by atoms with van der Waals surface area (Å²) in [5, 5.41) is 0.497. The Morgan fingerprint density at radius 3 is 2.94 bits per heavy atom. The lowest BCUT2D eigenvalue weighted by molar-refractivity contribution is -0.0526. The number of nitrogens with zero attached hydrogens (tertiary/aromatic N) is 1. The van der Waals surface area contributed by atoms with E-state index in [1.54, 1.807) is 6.07 Å². The average Bonchev–Trinajstić information content (AvgIpc) is 2.27. The first-order chi connectivity index (χ1) is 8.06. The third-order valence-corrected chi connectivity index (χ3v) is 3.48. The van der Waals surface area contributed by atoms with Crippen molar-refractivity contribution in [2.45, 2.75) is 32.5 Å². The third kappa shape index (κ3) is 3.18. The van der Waals surface area contributed by atoms with Gasteiger partial charge >= 0.3 is 0 Å². The van der Waals surface area contributed by atoms with Crippen LogP contribution >= 0.6 is 11.6 Å². The summed E-state index contributed by atoms with van der Waals surface area (Å²) in [6.45, 7) is 6.55. The van der Waals surface area contributed by atoms with Crippen molar-refractivity contribution in [3.05, 3.63) is 34.6 Å². The molecule has 0 spiro atoms. The van der Waals surface area contributed by atoms with E-state index in [-0.39, 0.29) is 11.9 Å². The number of rotatable bonds is 2. The van der Waals surface area contributed by atoms with Gasteiger partial charge in [0.05, 0.1) is 12.7 Å². The fraction of sp³-hybridized carbons (Fsp3) is 0.538. The predicted octanol–water partition coefficient (Wildman–Crippen LogP) is 3.09. The molecule has 0 bridgehead atoms. The van der Waals surface area contributed by atoms with Crippen molar-refractivity contribution in [2.24, 2.45) is 0 Å². The summed E-state index contributed by atoms with van der Waals surface area (Å²) in [7, 11) is 0. The second kappa shape index (κ2) is 5.34. The highest BCUT2D eigenvalue weighted by molar-refractivity contribution is 6.31. The summed E-state index contributed by atoms with van der Waals surface area (Å²) in [5.41, 5.74) is 0.967. The Balaban J connectivity index is 2.08. The van der Waals surface area contributed by atoms with Crippen LogP contribution in [0.2, 0.25) is 5.02 Å². The standard InChI is InChI=1S/C13H17ClFNO/c1-9-8-17-10(2)6-16(9)7-11-3-4-12(15)5-13(11)14/h3-5,9-10H,6-8H2,1-2H3/t9-,10+/m0/s1. The van der Waals surface area contributed by atoms with E-state index < -0.39 is 0 Å². The molecule has 94 valence electrons. The third-order valence-electron chi connectivity index (χ3n) is 3.13. The van der Waals surface area contributed by atoms with Gasteiger partial charge in [0.15, 0.2) is 0 Å². The molecule has 1 aromatic carbocycles. The molecule has 0 unspecified atom stereocenters. The van der Waals surface area contributed by atoms with Crippen LogP contribution in [-0.2, 0) is 11.3 Å². The SMILES string of the molecule is C[C@@H]1CN(Cc2ccc(F)cc2Cl)[C@@H](C)CO1. The lowest BCUT2D eigenvalue weighted by Gasteiger charge is -2.36. The smallest absolute Gasteiger partial charge is 0.124 e. The molecular formula is C13H17ClFNO. The highest BCUT2D eigenvalue weighted by Crippen LogP contribution is 2.21. The van der Waals surface area contributed by atoms with Gasteiger partial charge < -0.3 is 4.74 Å². The van der Waals surface area contributed by atoms with E-state index in [2.05, 4.69) is 18.7 Å². The molecule has 0 amide bonds. The Morgan fingerprint density at radius 1 is 1.47 bits per heavy atom. The van der Waals surface area contributed by atoms with E-state index in [0.717, 1.165) is 25.3 Å². The van der Waals surface area contributed by atoms with E-state index in [0.29, 0.717) is 11.1 Å². The topological polar surface area (TPSA) is 12.5 Å². The van der Waals surface area contributed by atoms with Crippen molar-refractivity contribution in [3.63, 3.8) is 0 Å². The number of hydrogen-bond donors (Lipinski definition) is 0. The van der Waals surface area contributed by atoms with Gasteiger partial charge in [0.2, 0.25) is 0 Å². The first-order valence-electron chi connectivity index (χ1n) is 5.86. The number of halogens is 2. The van der Waals surface area contributed by atoms with Crippen LogP contribution in [0, 0.1) is 5.82 Å². The van der Waals surface area contributed by atoms with Crippen LogP contribution in [-0.4, -0.2) is 30.2 Å². The van der Waals surface area contributed by atoms with Crippen LogP contribution in [0.25, 0.3) is 0 Å². The van der Waals surface area contributed by atoms with E-state index in [9.17, 15) is 4.39 Å². The zero-order valence-corrected chi connectivity index (χ0v) is 10.9. The average molecular weight is 258 g/mol. The molecule has 4 heteroatoms. The molecule has 2 nitrogen and oxygen atoms in total. The van der Waals surface area contributed by atoms with Crippen molar-refractivity contribution in [1.29, 1.82) is 0 Å². The van der Waals surface area contributed by atoms with Crippen LogP contribution in [0.5, 0.6) is 0 Å². The van der Waals surface area contributed by atoms with Crippen LogP contribution in [0.3, 0.4) is 0 Å². The Hall–Kier alpha value is -0.640. The van der Waals surface area contributed by atoms with Crippen LogP contribution in [0.1, 0.15) is 19.4 Å². The molecule has 0 aliphatic carbocycles. The fourth-order valence-electron chi connectivity index (χ4n) is 2.06. The Bertz CT molecular complexity index is 399. The van der Waals surface area contributed by atoms with Crippen molar-refractivity contribution in [2.75, 3.05) is 13.2 Å². The van der Waals surface area contributed by atoms with E-state index in [4.69, 9.17) is 16.3 Å². The molecule has 17 heavy (non-hydrogen) atoms. The number of hydrogen-bond acceptors (Lipinski definition) is 2. The van der Waals surface area contributed by atoms with Crippen molar-refractivity contribution < 1.29 is 9.13 Å². The number of ether oxygens (including phenoxy) is 1. The van der Waals surface area contributed by atoms with Gasteiger partial charge in [-0.3, -0.25) is 4.90 Å². The lowest BCUT2D eigenvalue weighted by Crippen LogP contribution is -2.46. The highest BCUT2D eigenvalue weighted by Gasteiger charge is 2.23. The van der Waals surface area contributed by atoms with Gasteiger partial charge in [-0.1, -0.05) is 17.7 Å². The zero-order valence-electron chi connectivity index (χ0n) is 10.1. The molecular weight excluding hydrogens is 241 g/mol. The number of benzene rings is 1. The normalized spacial score (nSPS) is 26.1. The lowest BCUT2D eigenvalue weighted by atomic mass is 10.1. The Labute approximate surface area is 106 Å². The predicted molar refractivity (Wildman–Crippen MR) is 66.7 cm³/mol. The monoisotopic (exact) mass is 257 g/mol. The molecule has 1 aliphatic heterocycles. The van der Waals surface area contributed by atoms with Gasteiger partial charge in [0.25, 0.3) is 0 Å². The fourth-order valence-corrected chi connectivity index (χ4v) is 2.29. The van der Waals surface area contributed by atoms with E-state index in [1.165, 1.54) is 12.1 Å². The van der Waals surface area contributed by atoms with Crippen LogP contribution < -0.4 is 0 Å². The maximum absolute atomic E-state index is 12.9. The maximum Gasteiger partial charge on any atom is 0.124 e. The summed E-state index contributed by atoms with van der Waals surface area (Å²) in [4.78, 5) is 2.31. The largest absolute Gasteiger partial charge is 0.376 e. The highest BCUT2D eigenvalue weighted by atomic mass is 35.5. The molecule has 0 N–H and O–H groups in total. The van der Waals surface area contributed by atoms with Crippen molar-refractivity contribution in [1.82, 2.24) is 4.90 Å².